The Kier molecular flexibility index (Phi) is 5.82. The largest absolute Gasteiger partial charge is 0.384 e. The zero-order chi connectivity index (χ0) is 15.3. The van der Waals surface area contributed by atoms with Crippen molar-refractivity contribution in [1.29, 1.82) is 0 Å². The molecule has 1 fully saturated rings. The highest BCUT2D eigenvalue weighted by Crippen LogP contribution is 2.37. The van der Waals surface area contributed by atoms with Crippen LogP contribution in [0.1, 0.15) is 43.5 Å². The van der Waals surface area contributed by atoms with Gasteiger partial charge in [0.05, 0.1) is 5.56 Å². The number of hydrogen-bond acceptors (Lipinski definition) is 3. The van der Waals surface area contributed by atoms with Gasteiger partial charge < -0.3 is 10.6 Å². The topological polar surface area (TPSA) is 41.1 Å². The van der Waals surface area contributed by atoms with Crippen molar-refractivity contribution in [3.05, 3.63) is 28.8 Å². The van der Waals surface area contributed by atoms with Crippen LogP contribution in [0.5, 0.6) is 0 Å². The first-order valence-electron chi connectivity index (χ1n) is 7.50. The number of thioether (sulfide) groups is 1. The normalized spacial score (nSPS) is 21.3. The molecular formula is C16H23ClN2OS. The summed E-state index contributed by atoms with van der Waals surface area (Å²) in [4.78, 5) is 12.5. The molecule has 1 aromatic rings. The third kappa shape index (κ3) is 4.55. The molecule has 0 spiro atoms. The quantitative estimate of drug-likeness (QED) is 0.824. The van der Waals surface area contributed by atoms with Gasteiger partial charge in [-0.25, -0.2) is 0 Å². The number of nitrogens with one attached hydrogen (secondary N) is 2. The number of benzene rings is 1. The van der Waals surface area contributed by atoms with E-state index in [1.807, 2.05) is 23.9 Å². The van der Waals surface area contributed by atoms with Crippen LogP contribution in [0.4, 0.5) is 5.69 Å². The summed E-state index contributed by atoms with van der Waals surface area (Å²) in [6.45, 7) is 5.87. The molecule has 5 heteroatoms. The maximum atomic E-state index is 12.5. The van der Waals surface area contributed by atoms with Crippen LogP contribution in [0.15, 0.2) is 18.2 Å². The van der Waals surface area contributed by atoms with Crippen molar-refractivity contribution in [2.24, 2.45) is 0 Å². The van der Waals surface area contributed by atoms with Gasteiger partial charge in [0.15, 0.2) is 0 Å². The molecule has 1 unspecified atom stereocenters. The Balaban J connectivity index is 2.04. The number of amides is 1. The predicted molar refractivity (Wildman–Crippen MR) is 92.7 cm³/mol. The van der Waals surface area contributed by atoms with E-state index in [0.717, 1.165) is 25.1 Å². The molecule has 1 aliphatic rings. The highest BCUT2D eigenvalue weighted by molar-refractivity contribution is 8.00. The van der Waals surface area contributed by atoms with Crippen molar-refractivity contribution in [2.45, 2.75) is 37.9 Å². The molecule has 1 heterocycles. The monoisotopic (exact) mass is 326 g/mol. The molecule has 0 aromatic heterocycles. The Hall–Kier alpha value is -0.870. The molecule has 3 nitrogen and oxygen atoms in total. The van der Waals surface area contributed by atoms with Crippen molar-refractivity contribution in [3.63, 3.8) is 0 Å². The summed E-state index contributed by atoms with van der Waals surface area (Å²) in [6, 6.07) is 5.42. The van der Waals surface area contributed by atoms with Gasteiger partial charge in [-0.15, -0.1) is 0 Å². The lowest BCUT2D eigenvalue weighted by Gasteiger charge is -2.23. The van der Waals surface area contributed by atoms with Gasteiger partial charge in [-0.05, 0) is 50.1 Å². The first-order chi connectivity index (χ1) is 10.0. The second kappa shape index (κ2) is 7.41. The lowest BCUT2D eigenvalue weighted by molar-refractivity contribution is 0.0950. The summed E-state index contributed by atoms with van der Waals surface area (Å²) in [5.74, 6) is 1.14. The van der Waals surface area contributed by atoms with Crippen LogP contribution in [0.2, 0.25) is 5.02 Å². The predicted octanol–water partition coefficient (Wildman–Crippen LogP) is 4.18. The van der Waals surface area contributed by atoms with Crippen molar-refractivity contribution in [3.8, 4) is 0 Å². The van der Waals surface area contributed by atoms with Crippen molar-refractivity contribution < 1.29 is 4.79 Å². The van der Waals surface area contributed by atoms with E-state index in [4.69, 9.17) is 11.6 Å². The molecule has 2 N–H and O–H groups in total. The van der Waals surface area contributed by atoms with E-state index in [1.165, 1.54) is 12.2 Å². The van der Waals surface area contributed by atoms with Crippen LogP contribution in [0, 0.1) is 0 Å². The van der Waals surface area contributed by atoms with Crippen LogP contribution in [-0.2, 0) is 0 Å². The Morgan fingerprint density at radius 2 is 2.29 bits per heavy atom. The van der Waals surface area contributed by atoms with Crippen LogP contribution < -0.4 is 10.6 Å². The summed E-state index contributed by atoms with van der Waals surface area (Å²) in [5, 5.41) is 6.94. The SMILES string of the molecule is CCCNc1ccc(Cl)cc1C(=O)NCC1(C)CCCS1. The lowest BCUT2D eigenvalue weighted by atomic mass is 10.1. The summed E-state index contributed by atoms with van der Waals surface area (Å²) in [7, 11) is 0. The molecule has 21 heavy (non-hydrogen) atoms. The number of hydrogen-bond donors (Lipinski definition) is 2. The van der Waals surface area contributed by atoms with Crippen molar-refractivity contribution in [2.75, 3.05) is 24.2 Å². The molecule has 1 aliphatic heterocycles. The van der Waals surface area contributed by atoms with Crippen LogP contribution in [0.25, 0.3) is 0 Å². The molecular weight excluding hydrogens is 304 g/mol. The maximum absolute atomic E-state index is 12.5. The Bertz CT molecular complexity index is 501. The Morgan fingerprint density at radius 3 is 2.95 bits per heavy atom. The minimum Gasteiger partial charge on any atom is -0.384 e. The second-order valence-corrected chi connectivity index (χ2v) is 7.82. The van der Waals surface area contributed by atoms with Gasteiger partial charge in [-0.3, -0.25) is 4.79 Å². The lowest BCUT2D eigenvalue weighted by Crippen LogP contribution is -2.37. The highest BCUT2D eigenvalue weighted by atomic mass is 35.5. The van der Waals surface area contributed by atoms with Gasteiger partial charge in [-0.2, -0.15) is 11.8 Å². The zero-order valence-corrected chi connectivity index (χ0v) is 14.2. The third-order valence-corrected chi connectivity index (χ3v) is 5.49. The Morgan fingerprint density at radius 1 is 1.48 bits per heavy atom. The smallest absolute Gasteiger partial charge is 0.253 e. The minimum absolute atomic E-state index is 0.0511. The summed E-state index contributed by atoms with van der Waals surface area (Å²) in [6.07, 6.45) is 3.41. The second-order valence-electron chi connectivity index (χ2n) is 5.70. The molecule has 1 saturated heterocycles. The molecule has 0 saturated carbocycles. The molecule has 116 valence electrons. The van der Waals surface area contributed by atoms with Crippen molar-refractivity contribution >= 4 is 35.0 Å². The third-order valence-electron chi connectivity index (χ3n) is 3.72. The van der Waals surface area contributed by atoms with Gasteiger partial charge in [0.2, 0.25) is 0 Å². The molecule has 1 amide bonds. The average Bonchev–Trinajstić information content (AvgIpc) is 2.91. The summed E-state index contributed by atoms with van der Waals surface area (Å²) < 4.78 is 0.172. The number of carbonyl (C=O) groups is 1. The minimum atomic E-state index is -0.0511. The van der Waals surface area contributed by atoms with Gasteiger partial charge in [0.1, 0.15) is 0 Å². The van der Waals surface area contributed by atoms with E-state index in [9.17, 15) is 4.79 Å². The van der Waals surface area contributed by atoms with Gasteiger partial charge in [-0.1, -0.05) is 18.5 Å². The van der Waals surface area contributed by atoms with E-state index >= 15 is 0 Å². The molecule has 0 bridgehead atoms. The van der Waals surface area contributed by atoms with E-state index < -0.39 is 0 Å². The highest BCUT2D eigenvalue weighted by Gasteiger charge is 2.30. The van der Waals surface area contributed by atoms with Gasteiger partial charge in [0, 0.05) is 28.5 Å². The number of rotatable bonds is 6. The number of anilines is 1. The summed E-state index contributed by atoms with van der Waals surface area (Å²) in [5.41, 5.74) is 1.48. The first-order valence-corrected chi connectivity index (χ1v) is 8.86. The molecule has 1 aromatic carbocycles. The number of halogens is 1. The molecule has 0 aliphatic carbocycles. The van der Waals surface area contributed by atoms with Crippen LogP contribution in [-0.4, -0.2) is 29.5 Å². The van der Waals surface area contributed by atoms with E-state index in [1.54, 1.807) is 6.07 Å². The standard InChI is InChI=1S/C16H23ClN2OS/c1-3-8-18-14-6-5-12(17)10-13(14)15(20)19-11-16(2)7-4-9-21-16/h5-6,10,18H,3-4,7-9,11H2,1-2H3,(H,19,20). The average molecular weight is 327 g/mol. The first kappa shape index (κ1) is 16.5. The maximum Gasteiger partial charge on any atom is 0.253 e. The Labute approximate surface area is 136 Å². The van der Waals surface area contributed by atoms with E-state index in [-0.39, 0.29) is 10.7 Å². The fourth-order valence-corrected chi connectivity index (χ4v) is 3.87. The van der Waals surface area contributed by atoms with E-state index in [0.29, 0.717) is 17.1 Å². The summed E-state index contributed by atoms with van der Waals surface area (Å²) >= 11 is 7.98. The zero-order valence-electron chi connectivity index (χ0n) is 12.7. The molecule has 1 atom stereocenters. The van der Waals surface area contributed by atoms with Crippen LogP contribution >= 0.6 is 23.4 Å². The van der Waals surface area contributed by atoms with Crippen LogP contribution in [0.3, 0.4) is 0 Å². The van der Waals surface area contributed by atoms with Gasteiger partial charge in [0.25, 0.3) is 5.91 Å². The molecule has 2 rings (SSSR count). The number of carbonyl (C=O) groups excluding carboxylic acids is 1. The van der Waals surface area contributed by atoms with Gasteiger partial charge >= 0.3 is 0 Å². The fraction of sp³-hybridized carbons (Fsp3) is 0.562. The van der Waals surface area contributed by atoms with E-state index in [2.05, 4.69) is 24.5 Å². The molecule has 0 radical (unpaired) electrons. The fourth-order valence-electron chi connectivity index (χ4n) is 2.46. The van der Waals surface area contributed by atoms with Crippen molar-refractivity contribution in [1.82, 2.24) is 5.32 Å².